The maximum atomic E-state index is 12.7. The number of nitrogens with one attached hydrogen (secondary N) is 1. The first kappa shape index (κ1) is 21.4. The summed E-state index contributed by atoms with van der Waals surface area (Å²) >= 11 is 0. The molecule has 7 heteroatoms. The molecular weight excluding hydrogens is 404 g/mol. The molecule has 1 saturated heterocycles. The lowest BCUT2D eigenvalue weighted by Gasteiger charge is -2.35. The average Bonchev–Trinajstić information content (AvgIpc) is 2.81. The second kappa shape index (κ2) is 9.98. The van der Waals surface area contributed by atoms with Crippen LogP contribution in [0.2, 0.25) is 0 Å². The van der Waals surface area contributed by atoms with Gasteiger partial charge in [0.05, 0.1) is 12.2 Å². The van der Waals surface area contributed by atoms with Gasteiger partial charge in [0, 0.05) is 37.4 Å². The molecule has 164 valence electrons. The van der Waals surface area contributed by atoms with Crippen molar-refractivity contribution in [2.75, 3.05) is 42.9 Å². The number of nitrogens with two attached hydrogens (primary N) is 1. The van der Waals surface area contributed by atoms with Crippen molar-refractivity contribution in [1.82, 2.24) is 4.90 Å². The lowest BCUT2D eigenvalue weighted by Crippen LogP contribution is -2.48. The van der Waals surface area contributed by atoms with Gasteiger partial charge < -0.3 is 20.7 Å². The Morgan fingerprint density at radius 1 is 0.844 bits per heavy atom. The van der Waals surface area contributed by atoms with Crippen LogP contribution in [0.15, 0.2) is 78.9 Å². The molecule has 0 aliphatic carbocycles. The largest absolute Gasteiger partial charge is 0.455 e. The number of para-hydroxylation sites is 3. The SMILES string of the molecule is NC(=O)c1ccc(N2CCN(CC(=O)Nc3ccccc3Oc3ccccc3)CC2)cc1. The van der Waals surface area contributed by atoms with Crippen molar-refractivity contribution in [2.45, 2.75) is 0 Å². The standard InChI is InChI=1S/C25H26N4O3/c26-25(31)19-10-12-20(13-11-19)29-16-14-28(15-17-29)18-24(30)27-22-8-4-5-9-23(22)32-21-6-2-1-3-7-21/h1-13H,14-18H2,(H2,26,31)(H,27,30). The molecule has 3 N–H and O–H groups in total. The van der Waals surface area contributed by atoms with Gasteiger partial charge >= 0.3 is 0 Å². The highest BCUT2D eigenvalue weighted by atomic mass is 16.5. The number of carbonyl (C=O) groups is 2. The summed E-state index contributed by atoms with van der Waals surface area (Å²) in [5.74, 6) is 0.821. The maximum Gasteiger partial charge on any atom is 0.248 e. The molecule has 0 spiro atoms. The molecule has 7 nitrogen and oxygen atoms in total. The van der Waals surface area contributed by atoms with E-state index >= 15 is 0 Å². The van der Waals surface area contributed by atoms with Crippen LogP contribution >= 0.6 is 0 Å². The Morgan fingerprint density at radius 2 is 1.50 bits per heavy atom. The van der Waals surface area contributed by atoms with E-state index < -0.39 is 5.91 Å². The Morgan fingerprint density at radius 3 is 2.19 bits per heavy atom. The summed E-state index contributed by atoms with van der Waals surface area (Å²) in [6, 6.07) is 24.2. The van der Waals surface area contributed by atoms with Crippen LogP contribution in [-0.4, -0.2) is 49.4 Å². The molecule has 0 saturated carbocycles. The molecule has 3 aromatic carbocycles. The van der Waals surface area contributed by atoms with Crippen LogP contribution in [0.3, 0.4) is 0 Å². The molecule has 1 aliphatic heterocycles. The van der Waals surface area contributed by atoms with Gasteiger partial charge in [-0.25, -0.2) is 0 Å². The fourth-order valence-electron chi connectivity index (χ4n) is 3.67. The third kappa shape index (κ3) is 5.44. The topological polar surface area (TPSA) is 87.9 Å². The van der Waals surface area contributed by atoms with Crippen LogP contribution in [0.5, 0.6) is 11.5 Å². The smallest absolute Gasteiger partial charge is 0.248 e. The fraction of sp³-hybridized carbons (Fsp3) is 0.200. The Hall–Kier alpha value is -3.84. The van der Waals surface area contributed by atoms with Gasteiger partial charge in [0.2, 0.25) is 11.8 Å². The van der Waals surface area contributed by atoms with Crippen molar-refractivity contribution < 1.29 is 14.3 Å². The van der Waals surface area contributed by atoms with E-state index in [0.717, 1.165) is 31.9 Å². The van der Waals surface area contributed by atoms with Gasteiger partial charge in [-0.05, 0) is 48.5 Å². The number of rotatable bonds is 7. The lowest BCUT2D eigenvalue weighted by atomic mass is 10.1. The maximum absolute atomic E-state index is 12.7. The van der Waals surface area contributed by atoms with E-state index in [9.17, 15) is 9.59 Å². The van der Waals surface area contributed by atoms with Crippen LogP contribution in [-0.2, 0) is 4.79 Å². The van der Waals surface area contributed by atoms with Gasteiger partial charge in [-0.3, -0.25) is 14.5 Å². The summed E-state index contributed by atoms with van der Waals surface area (Å²) in [7, 11) is 0. The van der Waals surface area contributed by atoms with Gasteiger partial charge in [-0.2, -0.15) is 0 Å². The van der Waals surface area contributed by atoms with Crippen LogP contribution in [0.1, 0.15) is 10.4 Å². The number of nitrogens with zero attached hydrogens (tertiary/aromatic N) is 2. The molecule has 2 amide bonds. The van der Waals surface area contributed by atoms with Gasteiger partial charge in [0.15, 0.2) is 5.75 Å². The van der Waals surface area contributed by atoms with Gasteiger partial charge in [-0.15, -0.1) is 0 Å². The van der Waals surface area contributed by atoms with Crippen LogP contribution in [0.4, 0.5) is 11.4 Å². The van der Waals surface area contributed by atoms with Crippen LogP contribution in [0, 0.1) is 0 Å². The van der Waals surface area contributed by atoms with Crippen molar-refractivity contribution in [2.24, 2.45) is 5.73 Å². The van der Waals surface area contributed by atoms with E-state index in [0.29, 0.717) is 29.3 Å². The number of carbonyl (C=O) groups excluding carboxylic acids is 2. The summed E-state index contributed by atoms with van der Waals surface area (Å²) in [5.41, 5.74) is 7.50. The lowest BCUT2D eigenvalue weighted by molar-refractivity contribution is -0.117. The predicted octanol–water partition coefficient (Wildman–Crippen LogP) is 3.34. The molecule has 1 aliphatic rings. The third-order valence-corrected chi connectivity index (χ3v) is 5.39. The van der Waals surface area contributed by atoms with Crippen LogP contribution < -0.4 is 20.7 Å². The molecule has 0 atom stereocenters. The second-order valence-corrected chi connectivity index (χ2v) is 7.63. The zero-order valence-corrected chi connectivity index (χ0v) is 17.7. The summed E-state index contributed by atoms with van der Waals surface area (Å²) < 4.78 is 5.92. The van der Waals surface area contributed by atoms with E-state index in [1.165, 1.54) is 0 Å². The summed E-state index contributed by atoms with van der Waals surface area (Å²) in [6.45, 7) is 3.46. The zero-order chi connectivity index (χ0) is 22.3. The number of anilines is 2. The van der Waals surface area contributed by atoms with E-state index in [-0.39, 0.29) is 5.91 Å². The number of ether oxygens (including phenoxy) is 1. The zero-order valence-electron chi connectivity index (χ0n) is 17.7. The minimum Gasteiger partial charge on any atom is -0.455 e. The van der Waals surface area contributed by atoms with Crippen molar-refractivity contribution in [3.8, 4) is 11.5 Å². The molecule has 1 heterocycles. The quantitative estimate of drug-likeness (QED) is 0.600. The Balaban J connectivity index is 1.30. The highest BCUT2D eigenvalue weighted by molar-refractivity contribution is 5.94. The van der Waals surface area contributed by atoms with Crippen molar-refractivity contribution >= 4 is 23.2 Å². The van der Waals surface area contributed by atoms with E-state index in [2.05, 4.69) is 15.1 Å². The summed E-state index contributed by atoms with van der Waals surface area (Å²) in [6.07, 6.45) is 0. The monoisotopic (exact) mass is 430 g/mol. The second-order valence-electron chi connectivity index (χ2n) is 7.63. The Kier molecular flexibility index (Phi) is 6.67. The van der Waals surface area contributed by atoms with Crippen molar-refractivity contribution in [3.05, 3.63) is 84.4 Å². The van der Waals surface area contributed by atoms with Crippen molar-refractivity contribution in [3.63, 3.8) is 0 Å². The first-order valence-corrected chi connectivity index (χ1v) is 10.6. The number of hydrogen-bond donors (Lipinski definition) is 2. The normalized spacial score (nSPS) is 14.1. The molecule has 0 unspecified atom stereocenters. The predicted molar refractivity (Wildman–Crippen MR) is 125 cm³/mol. The van der Waals surface area contributed by atoms with Gasteiger partial charge in [-0.1, -0.05) is 30.3 Å². The molecule has 4 rings (SSSR count). The van der Waals surface area contributed by atoms with Crippen molar-refractivity contribution in [1.29, 1.82) is 0 Å². The van der Waals surface area contributed by atoms with E-state index in [4.69, 9.17) is 10.5 Å². The number of benzene rings is 3. The third-order valence-electron chi connectivity index (χ3n) is 5.39. The molecule has 1 fully saturated rings. The Labute approximate surface area is 187 Å². The summed E-state index contributed by atoms with van der Waals surface area (Å²) in [5, 5.41) is 2.97. The first-order valence-electron chi connectivity index (χ1n) is 10.6. The summed E-state index contributed by atoms with van der Waals surface area (Å²) in [4.78, 5) is 28.3. The molecule has 0 radical (unpaired) electrons. The number of piperazine rings is 1. The van der Waals surface area contributed by atoms with Gasteiger partial charge in [0.25, 0.3) is 0 Å². The first-order chi connectivity index (χ1) is 15.6. The molecule has 3 aromatic rings. The molecule has 0 bridgehead atoms. The molecule has 0 aromatic heterocycles. The van der Waals surface area contributed by atoms with Gasteiger partial charge in [0.1, 0.15) is 5.75 Å². The Bertz CT molecular complexity index is 1060. The average molecular weight is 431 g/mol. The highest BCUT2D eigenvalue weighted by Crippen LogP contribution is 2.29. The molecule has 32 heavy (non-hydrogen) atoms. The van der Waals surface area contributed by atoms with E-state index in [1.54, 1.807) is 12.1 Å². The fourth-order valence-corrected chi connectivity index (χ4v) is 3.67. The molecular formula is C25H26N4O3. The highest BCUT2D eigenvalue weighted by Gasteiger charge is 2.20. The number of primary amides is 1. The number of amides is 2. The minimum atomic E-state index is -0.428. The van der Waals surface area contributed by atoms with E-state index in [1.807, 2.05) is 66.7 Å². The van der Waals surface area contributed by atoms with Crippen LogP contribution in [0.25, 0.3) is 0 Å². The number of hydrogen-bond acceptors (Lipinski definition) is 5. The minimum absolute atomic E-state index is 0.0756.